The maximum atomic E-state index is 12.6. The summed E-state index contributed by atoms with van der Waals surface area (Å²) in [6, 6.07) is 7.67. The number of carbonyl (C=O) groups excluding carboxylic acids is 2. The fourth-order valence-corrected chi connectivity index (χ4v) is 3.49. The second-order valence-electron chi connectivity index (χ2n) is 9.58. The number of alkyl carbamates (subject to hydrolysis) is 1. The van der Waals surface area contributed by atoms with Crippen LogP contribution in [0.1, 0.15) is 77.8 Å². The minimum absolute atomic E-state index is 0.0886. The Morgan fingerprint density at radius 1 is 1.03 bits per heavy atom. The topological polar surface area (TPSA) is 76.7 Å². The Balaban J connectivity index is 1.83. The molecule has 1 saturated carbocycles. The zero-order valence-corrected chi connectivity index (χ0v) is 19.1. The number of hydrogen-bond acceptors (Lipinski definition) is 5. The van der Waals surface area contributed by atoms with E-state index < -0.39 is 11.7 Å². The molecule has 0 radical (unpaired) electrons. The molecule has 30 heavy (non-hydrogen) atoms. The summed E-state index contributed by atoms with van der Waals surface area (Å²) in [7, 11) is 0. The Kier molecular flexibility index (Phi) is 9.15. The quantitative estimate of drug-likeness (QED) is 0.569. The van der Waals surface area contributed by atoms with Crippen LogP contribution in [0.5, 0.6) is 0 Å². The Bertz CT molecular complexity index is 673. The van der Waals surface area contributed by atoms with Crippen molar-refractivity contribution >= 4 is 12.1 Å². The normalized spacial score (nSPS) is 15.8. The van der Waals surface area contributed by atoms with Gasteiger partial charge in [-0.15, -0.1) is 0 Å². The molecule has 0 aromatic heterocycles. The van der Waals surface area contributed by atoms with Gasteiger partial charge in [0.1, 0.15) is 17.7 Å². The smallest absolute Gasteiger partial charge is 0.407 e. The van der Waals surface area contributed by atoms with E-state index >= 15 is 0 Å². The Labute approximate surface area is 181 Å². The molecule has 168 valence electrons. The monoisotopic (exact) mass is 418 g/mol. The molecule has 0 aliphatic heterocycles. The van der Waals surface area contributed by atoms with Crippen LogP contribution in [0.2, 0.25) is 0 Å². The van der Waals surface area contributed by atoms with E-state index in [0.717, 1.165) is 43.2 Å². The highest BCUT2D eigenvalue weighted by molar-refractivity contribution is 5.76. The Morgan fingerprint density at radius 2 is 1.60 bits per heavy atom. The summed E-state index contributed by atoms with van der Waals surface area (Å²) in [5.74, 6) is 0.272. The van der Waals surface area contributed by atoms with Crippen molar-refractivity contribution in [1.29, 1.82) is 0 Å². The van der Waals surface area contributed by atoms with Crippen LogP contribution in [-0.4, -0.2) is 29.8 Å². The average Bonchev–Trinajstić information content (AvgIpc) is 3.15. The minimum atomic E-state index is -0.509. The predicted molar refractivity (Wildman–Crippen MR) is 118 cm³/mol. The zero-order chi connectivity index (χ0) is 22.1. The molecule has 1 atom stereocenters. The third kappa shape index (κ3) is 9.16. The van der Waals surface area contributed by atoms with E-state index in [-0.39, 0.29) is 18.1 Å². The van der Waals surface area contributed by atoms with Gasteiger partial charge in [0.25, 0.3) is 0 Å². The Hall–Kier alpha value is -2.08. The van der Waals surface area contributed by atoms with Crippen LogP contribution in [0.25, 0.3) is 0 Å². The van der Waals surface area contributed by atoms with Gasteiger partial charge in [0.2, 0.25) is 0 Å². The summed E-state index contributed by atoms with van der Waals surface area (Å²) < 4.78 is 11.0. The molecule has 1 aliphatic carbocycles. The number of benzene rings is 1. The molecule has 0 saturated heterocycles. The van der Waals surface area contributed by atoms with Gasteiger partial charge in [-0.05, 0) is 69.9 Å². The highest BCUT2D eigenvalue weighted by Gasteiger charge is 2.26. The maximum Gasteiger partial charge on any atom is 0.407 e. The molecule has 0 unspecified atom stereocenters. The molecular weight excluding hydrogens is 380 g/mol. The van der Waals surface area contributed by atoms with E-state index in [9.17, 15) is 9.59 Å². The van der Waals surface area contributed by atoms with Crippen LogP contribution in [-0.2, 0) is 27.4 Å². The first-order chi connectivity index (χ1) is 14.1. The second-order valence-corrected chi connectivity index (χ2v) is 9.58. The average molecular weight is 419 g/mol. The van der Waals surface area contributed by atoms with Gasteiger partial charge in [-0.2, -0.15) is 0 Å². The molecule has 6 nitrogen and oxygen atoms in total. The molecule has 6 heteroatoms. The molecule has 0 bridgehead atoms. The molecule has 1 fully saturated rings. The van der Waals surface area contributed by atoms with Gasteiger partial charge in [0.05, 0.1) is 0 Å². The molecular formula is C24H38N2O4. The van der Waals surface area contributed by atoms with Crippen molar-refractivity contribution in [3.8, 4) is 0 Å². The SMILES string of the molecule is CC(C)C[C@H](NCc1ccc(CNC(=O)OC(C)(C)C)cc1)C(=O)OC1CCCC1. The van der Waals surface area contributed by atoms with Crippen molar-refractivity contribution in [2.24, 2.45) is 5.92 Å². The number of rotatable bonds is 9. The first kappa shape index (κ1) is 24.2. The van der Waals surface area contributed by atoms with Crippen molar-refractivity contribution in [3.05, 3.63) is 35.4 Å². The number of amides is 1. The van der Waals surface area contributed by atoms with Crippen molar-refractivity contribution in [1.82, 2.24) is 10.6 Å². The lowest BCUT2D eigenvalue weighted by Gasteiger charge is -2.22. The second kappa shape index (κ2) is 11.3. The van der Waals surface area contributed by atoms with Crippen molar-refractivity contribution in [2.75, 3.05) is 0 Å². The highest BCUT2D eigenvalue weighted by atomic mass is 16.6. The number of esters is 1. The standard InChI is InChI=1S/C24H38N2O4/c1-17(2)14-21(22(27)29-20-8-6-7-9-20)25-15-18-10-12-19(13-11-18)16-26-23(28)30-24(3,4)5/h10-13,17,20-21,25H,6-9,14-16H2,1-5H3,(H,26,28)/t21-/m0/s1. The maximum absolute atomic E-state index is 12.6. The molecule has 1 amide bonds. The molecule has 2 N–H and O–H groups in total. The van der Waals surface area contributed by atoms with Crippen molar-refractivity contribution < 1.29 is 19.1 Å². The van der Waals surface area contributed by atoms with Crippen LogP contribution < -0.4 is 10.6 Å². The van der Waals surface area contributed by atoms with Crippen LogP contribution in [0.3, 0.4) is 0 Å². The van der Waals surface area contributed by atoms with E-state index in [1.54, 1.807) is 0 Å². The van der Waals surface area contributed by atoms with Crippen LogP contribution in [0.4, 0.5) is 4.79 Å². The molecule has 0 heterocycles. The van der Waals surface area contributed by atoms with Gasteiger partial charge in [-0.1, -0.05) is 38.1 Å². The van der Waals surface area contributed by atoms with Gasteiger partial charge in [0.15, 0.2) is 0 Å². The summed E-state index contributed by atoms with van der Waals surface area (Å²) in [6.07, 6.45) is 4.68. The van der Waals surface area contributed by atoms with Crippen molar-refractivity contribution in [2.45, 2.75) is 97.6 Å². The summed E-state index contributed by atoms with van der Waals surface area (Å²) in [5.41, 5.74) is 1.56. The summed E-state index contributed by atoms with van der Waals surface area (Å²) in [4.78, 5) is 24.4. The number of carbonyl (C=O) groups is 2. The number of hydrogen-bond donors (Lipinski definition) is 2. The van der Waals surface area contributed by atoms with Gasteiger partial charge in [-0.25, -0.2) is 4.79 Å². The third-order valence-electron chi connectivity index (χ3n) is 4.99. The molecule has 1 aliphatic rings. The number of ether oxygens (including phenoxy) is 2. The van der Waals surface area contributed by atoms with E-state index in [1.165, 1.54) is 0 Å². The first-order valence-electron chi connectivity index (χ1n) is 11.1. The zero-order valence-electron chi connectivity index (χ0n) is 19.1. The van der Waals surface area contributed by atoms with Gasteiger partial charge >= 0.3 is 12.1 Å². The number of nitrogens with one attached hydrogen (secondary N) is 2. The Morgan fingerprint density at radius 3 is 2.13 bits per heavy atom. The fraction of sp³-hybridized carbons (Fsp3) is 0.667. The van der Waals surface area contributed by atoms with Gasteiger partial charge in [-0.3, -0.25) is 4.79 Å². The molecule has 1 aromatic carbocycles. The van der Waals surface area contributed by atoms with Gasteiger partial charge < -0.3 is 20.1 Å². The first-order valence-corrected chi connectivity index (χ1v) is 11.1. The summed E-state index contributed by atoms with van der Waals surface area (Å²) in [6.45, 7) is 10.7. The lowest BCUT2D eigenvalue weighted by atomic mass is 10.0. The largest absolute Gasteiger partial charge is 0.461 e. The van der Waals surface area contributed by atoms with E-state index in [4.69, 9.17) is 9.47 Å². The predicted octanol–water partition coefficient (Wildman–Crippen LogP) is 4.70. The molecule has 0 spiro atoms. The van der Waals surface area contributed by atoms with E-state index in [2.05, 4.69) is 24.5 Å². The van der Waals surface area contributed by atoms with Crippen LogP contribution in [0, 0.1) is 5.92 Å². The van der Waals surface area contributed by atoms with Gasteiger partial charge in [0, 0.05) is 13.1 Å². The summed E-state index contributed by atoms with van der Waals surface area (Å²) >= 11 is 0. The summed E-state index contributed by atoms with van der Waals surface area (Å²) in [5, 5.41) is 6.13. The fourth-order valence-electron chi connectivity index (χ4n) is 3.49. The van der Waals surface area contributed by atoms with Crippen LogP contribution in [0.15, 0.2) is 24.3 Å². The molecule has 2 rings (SSSR count). The minimum Gasteiger partial charge on any atom is -0.461 e. The lowest BCUT2D eigenvalue weighted by Crippen LogP contribution is -2.40. The highest BCUT2D eigenvalue weighted by Crippen LogP contribution is 2.22. The van der Waals surface area contributed by atoms with Crippen molar-refractivity contribution in [3.63, 3.8) is 0 Å². The lowest BCUT2D eigenvalue weighted by molar-refractivity contribution is -0.151. The van der Waals surface area contributed by atoms with E-state index in [1.807, 2.05) is 45.0 Å². The van der Waals surface area contributed by atoms with Crippen LogP contribution >= 0.6 is 0 Å². The third-order valence-corrected chi connectivity index (χ3v) is 4.99. The molecule has 1 aromatic rings. The van der Waals surface area contributed by atoms with E-state index in [0.29, 0.717) is 19.0 Å².